The molecule has 0 unspecified atom stereocenters. The van der Waals surface area contributed by atoms with E-state index in [1.165, 1.54) is 6.42 Å². The molecule has 1 saturated carbocycles. The van der Waals surface area contributed by atoms with E-state index in [2.05, 4.69) is 0 Å². The molecule has 24 heavy (non-hydrogen) atoms. The van der Waals surface area contributed by atoms with Gasteiger partial charge in [0.2, 0.25) is 0 Å². The summed E-state index contributed by atoms with van der Waals surface area (Å²) in [5.74, 6) is -0.514. The van der Waals surface area contributed by atoms with Crippen LogP contribution in [0.4, 0.5) is 0 Å². The van der Waals surface area contributed by atoms with Crippen LogP contribution in [0.25, 0.3) is 0 Å². The van der Waals surface area contributed by atoms with Crippen LogP contribution in [0.3, 0.4) is 0 Å². The third kappa shape index (κ3) is 3.37. The number of aliphatic hydroxyl groups excluding tert-OH is 1. The summed E-state index contributed by atoms with van der Waals surface area (Å²) in [6, 6.07) is 10.1. The van der Waals surface area contributed by atoms with E-state index in [0.29, 0.717) is 13.2 Å². The molecule has 1 spiro atoms. The first-order valence-corrected chi connectivity index (χ1v) is 9.03. The molecule has 2 saturated heterocycles. The van der Waals surface area contributed by atoms with Crippen molar-refractivity contribution in [3.05, 3.63) is 35.9 Å². The van der Waals surface area contributed by atoms with Gasteiger partial charge in [-0.25, -0.2) is 0 Å². The van der Waals surface area contributed by atoms with E-state index in [1.54, 1.807) is 0 Å². The van der Waals surface area contributed by atoms with E-state index in [0.717, 1.165) is 31.2 Å². The highest BCUT2D eigenvalue weighted by Gasteiger charge is 2.55. The standard InChI is InChI=1S/C19H26O5/c20-15-12-22-16(13-21-11-14-7-3-1-4-8-14)18-17(15)23-19(24-18)9-5-2-6-10-19/h1,3-4,7-8,15-18,20H,2,5-6,9-13H2/t15-,16-,17-,18+/m0/s1. The zero-order valence-corrected chi connectivity index (χ0v) is 13.9. The molecule has 1 aliphatic carbocycles. The highest BCUT2D eigenvalue weighted by Crippen LogP contribution is 2.43. The molecule has 1 aromatic carbocycles. The molecule has 0 bridgehead atoms. The zero-order chi connectivity index (χ0) is 16.4. The summed E-state index contributed by atoms with van der Waals surface area (Å²) in [6.45, 7) is 1.27. The van der Waals surface area contributed by atoms with Gasteiger partial charge in [-0.05, 0) is 18.4 Å². The first-order valence-electron chi connectivity index (χ1n) is 9.03. The second-order valence-electron chi connectivity index (χ2n) is 7.08. The molecule has 1 aromatic rings. The van der Waals surface area contributed by atoms with Crippen LogP contribution in [0.15, 0.2) is 30.3 Å². The molecular weight excluding hydrogens is 308 g/mol. The summed E-state index contributed by atoms with van der Waals surface area (Å²) in [5, 5.41) is 10.2. The molecule has 5 nitrogen and oxygen atoms in total. The third-order valence-corrected chi connectivity index (χ3v) is 5.26. The molecule has 4 atom stereocenters. The van der Waals surface area contributed by atoms with Crippen LogP contribution >= 0.6 is 0 Å². The fraction of sp³-hybridized carbons (Fsp3) is 0.684. The Morgan fingerprint density at radius 1 is 1.04 bits per heavy atom. The SMILES string of the molecule is O[C@H]1CO[C@@H](COCc2ccccc2)[C@H]2OC3(CCCCC3)O[C@H]21. The Balaban J connectivity index is 1.37. The lowest BCUT2D eigenvalue weighted by Crippen LogP contribution is -2.52. The maximum atomic E-state index is 10.2. The van der Waals surface area contributed by atoms with Crippen molar-refractivity contribution in [2.75, 3.05) is 13.2 Å². The van der Waals surface area contributed by atoms with Gasteiger partial charge in [-0.1, -0.05) is 36.8 Å². The first kappa shape index (κ1) is 16.5. The second kappa shape index (κ2) is 7.10. The average Bonchev–Trinajstić information content (AvgIpc) is 2.98. The van der Waals surface area contributed by atoms with Gasteiger partial charge in [-0.2, -0.15) is 0 Å². The van der Waals surface area contributed by atoms with Gasteiger partial charge in [0.1, 0.15) is 24.4 Å². The van der Waals surface area contributed by atoms with Gasteiger partial charge < -0.3 is 24.1 Å². The predicted molar refractivity (Wildman–Crippen MR) is 87.4 cm³/mol. The van der Waals surface area contributed by atoms with Gasteiger partial charge in [0.05, 0.1) is 19.8 Å². The van der Waals surface area contributed by atoms with Crippen LogP contribution in [0.5, 0.6) is 0 Å². The van der Waals surface area contributed by atoms with Crippen LogP contribution in [0.2, 0.25) is 0 Å². The quantitative estimate of drug-likeness (QED) is 0.916. The predicted octanol–water partition coefficient (Wildman–Crippen LogP) is 2.41. The van der Waals surface area contributed by atoms with Crippen LogP contribution in [0, 0.1) is 0 Å². The molecule has 5 heteroatoms. The third-order valence-electron chi connectivity index (χ3n) is 5.26. The average molecular weight is 334 g/mol. The molecule has 132 valence electrons. The van der Waals surface area contributed by atoms with E-state index in [4.69, 9.17) is 18.9 Å². The summed E-state index contributed by atoms with van der Waals surface area (Å²) in [7, 11) is 0. The fourth-order valence-corrected chi connectivity index (χ4v) is 3.99. The van der Waals surface area contributed by atoms with Gasteiger partial charge in [-0.3, -0.25) is 0 Å². The molecular formula is C19H26O5. The summed E-state index contributed by atoms with van der Waals surface area (Å²) < 4.78 is 24.1. The summed E-state index contributed by atoms with van der Waals surface area (Å²) in [4.78, 5) is 0. The molecule has 3 aliphatic rings. The van der Waals surface area contributed by atoms with Crippen molar-refractivity contribution in [2.24, 2.45) is 0 Å². The molecule has 1 N–H and O–H groups in total. The number of ether oxygens (including phenoxy) is 4. The highest BCUT2D eigenvalue weighted by atomic mass is 16.8. The Morgan fingerprint density at radius 2 is 1.79 bits per heavy atom. The van der Waals surface area contributed by atoms with Crippen LogP contribution in [0.1, 0.15) is 37.7 Å². The first-order chi connectivity index (χ1) is 11.8. The summed E-state index contributed by atoms with van der Waals surface area (Å²) in [6.07, 6.45) is 3.91. The number of hydrogen-bond donors (Lipinski definition) is 1. The lowest BCUT2D eigenvalue weighted by molar-refractivity contribution is -0.201. The minimum Gasteiger partial charge on any atom is -0.388 e. The van der Waals surface area contributed by atoms with Crippen molar-refractivity contribution in [3.63, 3.8) is 0 Å². The smallest absolute Gasteiger partial charge is 0.169 e. The van der Waals surface area contributed by atoms with Crippen LogP contribution in [-0.4, -0.2) is 48.5 Å². The normalized spacial score (nSPS) is 35.0. The van der Waals surface area contributed by atoms with E-state index in [-0.39, 0.29) is 24.9 Å². The Bertz CT molecular complexity index is 528. The lowest BCUT2D eigenvalue weighted by atomic mass is 9.94. The van der Waals surface area contributed by atoms with Crippen LogP contribution < -0.4 is 0 Å². The van der Waals surface area contributed by atoms with E-state index in [9.17, 15) is 5.11 Å². The van der Waals surface area contributed by atoms with E-state index >= 15 is 0 Å². The topological polar surface area (TPSA) is 57.2 Å². The van der Waals surface area contributed by atoms with Gasteiger partial charge in [0, 0.05) is 12.8 Å². The van der Waals surface area contributed by atoms with Crippen LogP contribution in [-0.2, 0) is 25.6 Å². The largest absolute Gasteiger partial charge is 0.388 e. The van der Waals surface area contributed by atoms with Crippen molar-refractivity contribution in [1.29, 1.82) is 0 Å². The Hall–Kier alpha value is -0.980. The Kier molecular flexibility index (Phi) is 4.88. The Morgan fingerprint density at radius 3 is 2.58 bits per heavy atom. The monoisotopic (exact) mass is 334 g/mol. The minimum absolute atomic E-state index is 0.191. The molecule has 2 heterocycles. The number of benzene rings is 1. The van der Waals surface area contributed by atoms with Gasteiger partial charge >= 0.3 is 0 Å². The van der Waals surface area contributed by atoms with Crippen molar-refractivity contribution in [1.82, 2.24) is 0 Å². The maximum absolute atomic E-state index is 10.2. The second-order valence-corrected chi connectivity index (χ2v) is 7.08. The van der Waals surface area contributed by atoms with E-state index < -0.39 is 11.9 Å². The number of aliphatic hydroxyl groups is 1. The van der Waals surface area contributed by atoms with Gasteiger partial charge in [0.25, 0.3) is 0 Å². The van der Waals surface area contributed by atoms with E-state index in [1.807, 2.05) is 30.3 Å². The summed E-state index contributed by atoms with van der Waals surface area (Å²) in [5.41, 5.74) is 1.14. The van der Waals surface area contributed by atoms with Crippen molar-refractivity contribution in [2.45, 2.75) is 68.9 Å². The minimum atomic E-state index is -0.623. The highest BCUT2D eigenvalue weighted by molar-refractivity contribution is 5.13. The van der Waals surface area contributed by atoms with Crippen molar-refractivity contribution in [3.8, 4) is 0 Å². The fourth-order valence-electron chi connectivity index (χ4n) is 3.99. The molecule has 0 radical (unpaired) electrons. The number of rotatable bonds is 4. The number of hydrogen-bond acceptors (Lipinski definition) is 5. The molecule has 3 fully saturated rings. The van der Waals surface area contributed by atoms with Gasteiger partial charge in [0.15, 0.2) is 5.79 Å². The lowest BCUT2D eigenvalue weighted by Gasteiger charge is -2.34. The van der Waals surface area contributed by atoms with Crippen molar-refractivity contribution < 1.29 is 24.1 Å². The maximum Gasteiger partial charge on any atom is 0.169 e. The summed E-state index contributed by atoms with van der Waals surface area (Å²) >= 11 is 0. The zero-order valence-electron chi connectivity index (χ0n) is 13.9. The molecule has 4 rings (SSSR count). The van der Waals surface area contributed by atoms with Gasteiger partial charge in [-0.15, -0.1) is 0 Å². The van der Waals surface area contributed by atoms with Crippen molar-refractivity contribution >= 4 is 0 Å². The number of fused-ring (bicyclic) bond motifs is 1. The molecule has 0 amide bonds. The molecule has 2 aliphatic heterocycles. The Labute approximate surface area is 142 Å². The molecule has 0 aromatic heterocycles.